The Morgan fingerprint density at radius 2 is 1.84 bits per heavy atom. The Morgan fingerprint density at radius 3 is 2.37 bits per heavy atom. The zero-order valence-electron chi connectivity index (χ0n) is 12.2. The third-order valence-electron chi connectivity index (χ3n) is 2.77. The van der Waals surface area contributed by atoms with Gasteiger partial charge in [0.1, 0.15) is 18.0 Å². The lowest BCUT2D eigenvalue weighted by molar-refractivity contribution is -0.128. The first-order valence-electron chi connectivity index (χ1n) is 6.61. The minimum absolute atomic E-state index is 0.103. The van der Waals surface area contributed by atoms with Crippen molar-refractivity contribution in [1.82, 2.24) is 14.9 Å². The average Bonchev–Trinajstić information content (AvgIpc) is 2.39. The fraction of sp³-hybridized carbons (Fsp3) is 0.615. The molecule has 19 heavy (non-hydrogen) atoms. The fourth-order valence-corrected chi connectivity index (χ4v) is 1.73. The Labute approximate surface area is 114 Å². The van der Waals surface area contributed by atoms with Crippen molar-refractivity contribution < 1.29 is 4.79 Å². The first-order valence-corrected chi connectivity index (χ1v) is 6.61. The van der Waals surface area contributed by atoms with E-state index in [0.717, 1.165) is 30.2 Å². The molecule has 0 radical (unpaired) electrons. The Kier molecular flexibility index (Phi) is 6.05. The van der Waals surface area contributed by atoms with Crippen LogP contribution in [-0.4, -0.2) is 48.0 Å². The summed E-state index contributed by atoms with van der Waals surface area (Å²) in [6.45, 7) is 5.50. The van der Waals surface area contributed by atoms with Crippen LogP contribution in [0, 0.1) is 0 Å². The van der Waals surface area contributed by atoms with E-state index in [2.05, 4.69) is 27.5 Å². The molecule has 0 unspecified atom stereocenters. The van der Waals surface area contributed by atoms with Crippen LogP contribution in [0.3, 0.4) is 0 Å². The molecule has 0 fully saturated rings. The lowest BCUT2D eigenvalue weighted by atomic mass is 10.2. The Bertz CT molecular complexity index is 419. The van der Waals surface area contributed by atoms with E-state index in [1.807, 2.05) is 6.92 Å². The number of nitrogens with zero attached hydrogens (tertiary/aromatic N) is 3. The molecule has 1 aromatic heterocycles. The van der Waals surface area contributed by atoms with Crippen molar-refractivity contribution in [1.29, 1.82) is 0 Å². The van der Waals surface area contributed by atoms with Crippen LogP contribution in [0.2, 0.25) is 0 Å². The van der Waals surface area contributed by atoms with Gasteiger partial charge in [0.2, 0.25) is 5.91 Å². The molecule has 6 heteroatoms. The molecule has 106 valence electrons. The molecule has 1 aromatic rings. The van der Waals surface area contributed by atoms with Crippen LogP contribution >= 0.6 is 0 Å². The number of hydrogen-bond acceptors (Lipinski definition) is 5. The normalized spacial score (nSPS) is 10.1. The number of amides is 1. The van der Waals surface area contributed by atoms with Gasteiger partial charge in [0, 0.05) is 39.2 Å². The van der Waals surface area contributed by atoms with Crippen molar-refractivity contribution in [3.8, 4) is 0 Å². The third-order valence-corrected chi connectivity index (χ3v) is 2.77. The monoisotopic (exact) mass is 265 g/mol. The molecule has 1 rings (SSSR count). The van der Waals surface area contributed by atoms with Crippen LogP contribution in [0.25, 0.3) is 0 Å². The quantitative estimate of drug-likeness (QED) is 0.779. The molecule has 0 spiro atoms. The van der Waals surface area contributed by atoms with Crippen molar-refractivity contribution in [3.05, 3.63) is 11.9 Å². The molecule has 0 aromatic carbocycles. The molecule has 0 saturated heterocycles. The highest BCUT2D eigenvalue weighted by atomic mass is 16.2. The highest BCUT2D eigenvalue weighted by Crippen LogP contribution is 2.20. The van der Waals surface area contributed by atoms with E-state index in [4.69, 9.17) is 0 Å². The van der Waals surface area contributed by atoms with Gasteiger partial charge in [0.25, 0.3) is 0 Å². The van der Waals surface area contributed by atoms with Crippen LogP contribution in [-0.2, 0) is 11.2 Å². The molecule has 1 heterocycles. The molecule has 0 bridgehead atoms. The van der Waals surface area contributed by atoms with Crippen molar-refractivity contribution in [3.63, 3.8) is 0 Å². The van der Waals surface area contributed by atoms with Crippen LogP contribution in [0.15, 0.2) is 6.33 Å². The number of aromatic nitrogens is 2. The van der Waals surface area contributed by atoms with Gasteiger partial charge in [0.15, 0.2) is 0 Å². The van der Waals surface area contributed by atoms with Crippen LogP contribution < -0.4 is 10.6 Å². The lowest BCUT2D eigenvalue weighted by Gasteiger charge is -2.14. The van der Waals surface area contributed by atoms with E-state index >= 15 is 0 Å². The topological polar surface area (TPSA) is 70.1 Å². The summed E-state index contributed by atoms with van der Waals surface area (Å²) >= 11 is 0. The standard InChI is InChI=1S/C13H23N5O/c1-5-10-12(14-6-2)16-9-17-13(10)15-8-7-11(19)18(3)4/h9H,5-8H2,1-4H3,(H2,14,15,16,17). The fourth-order valence-electron chi connectivity index (χ4n) is 1.73. The number of hydrogen-bond donors (Lipinski definition) is 2. The molecule has 2 N–H and O–H groups in total. The largest absolute Gasteiger partial charge is 0.370 e. The minimum Gasteiger partial charge on any atom is -0.370 e. The summed E-state index contributed by atoms with van der Waals surface area (Å²) in [6, 6.07) is 0. The summed E-state index contributed by atoms with van der Waals surface area (Å²) in [7, 11) is 3.52. The molecular formula is C13H23N5O. The second-order valence-corrected chi connectivity index (χ2v) is 4.40. The van der Waals surface area contributed by atoms with Crippen molar-refractivity contribution in [2.75, 3.05) is 37.8 Å². The van der Waals surface area contributed by atoms with Gasteiger partial charge in [-0.15, -0.1) is 0 Å². The predicted molar refractivity (Wildman–Crippen MR) is 77.4 cm³/mol. The summed E-state index contributed by atoms with van der Waals surface area (Å²) < 4.78 is 0. The van der Waals surface area contributed by atoms with Gasteiger partial charge in [-0.05, 0) is 13.3 Å². The summed E-state index contributed by atoms with van der Waals surface area (Å²) in [5.41, 5.74) is 1.06. The summed E-state index contributed by atoms with van der Waals surface area (Å²) in [5.74, 6) is 1.77. The summed E-state index contributed by atoms with van der Waals surface area (Å²) in [6.07, 6.45) is 2.83. The van der Waals surface area contributed by atoms with Crippen LogP contribution in [0.4, 0.5) is 11.6 Å². The maximum Gasteiger partial charge on any atom is 0.223 e. The van der Waals surface area contributed by atoms with Gasteiger partial charge in [0.05, 0.1) is 0 Å². The second-order valence-electron chi connectivity index (χ2n) is 4.40. The zero-order valence-corrected chi connectivity index (χ0v) is 12.2. The van der Waals surface area contributed by atoms with Gasteiger partial charge in [-0.3, -0.25) is 4.79 Å². The molecule has 0 aliphatic heterocycles. The number of anilines is 2. The molecule has 0 aliphatic rings. The third kappa shape index (κ3) is 4.39. The summed E-state index contributed by atoms with van der Waals surface area (Å²) in [4.78, 5) is 21.6. The first kappa shape index (κ1) is 15.2. The van der Waals surface area contributed by atoms with Gasteiger partial charge >= 0.3 is 0 Å². The minimum atomic E-state index is 0.103. The van der Waals surface area contributed by atoms with Gasteiger partial charge < -0.3 is 15.5 Å². The molecule has 0 saturated carbocycles. The summed E-state index contributed by atoms with van der Waals surface area (Å²) in [5, 5.41) is 6.43. The Hall–Kier alpha value is -1.85. The highest BCUT2D eigenvalue weighted by Gasteiger charge is 2.09. The maximum atomic E-state index is 11.5. The van der Waals surface area contributed by atoms with Crippen LogP contribution in [0.1, 0.15) is 25.8 Å². The van der Waals surface area contributed by atoms with E-state index in [-0.39, 0.29) is 5.91 Å². The van der Waals surface area contributed by atoms with Crippen molar-refractivity contribution in [2.45, 2.75) is 26.7 Å². The molecule has 1 amide bonds. The molecular weight excluding hydrogens is 242 g/mol. The molecule has 0 atom stereocenters. The van der Waals surface area contributed by atoms with E-state index in [1.165, 1.54) is 6.33 Å². The van der Waals surface area contributed by atoms with Crippen molar-refractivity contribution >= 4 is 17.5 Å². The number of rotatable bonds is 7. The highest BCUT2D eigenvalue weighted by molar-refractivity contribution is 5.76. The number of carbonyl (C=O) groups excluding carboxylic acids is 1. The van der Waals surface area contributed by atoms with E-state index in [1.54, 1.807) is 19.0 Å². The first-order chi connectivity index (χ1) is 9.10. The number of nitrogens with one attached hydrogen (secondary N) is 2. The number of carbonyl (C=O) groups is 1. The smallest absolute Gasteiger partial charge is 0.223 e. The zero-order chi connectivity index (χ0) is 14.3. The maximum absolute atomic E-state index is 11.5. The van der Waals surface area contributed by atoms with E-state index in [9.17, 15) is 4.79 Å². The lowest BCUT2D eigenvalue weighted by Crippen LogP contribution is -2.24. The Balaban J connectivity index is 2.67. The second kappa shape index (κ2) is 7.56. The van der Waals surface area contributed by atoms with E-state index in [0.29, 0.717) is 13.0 Å². The SMILES string of the molecule is CCNc1ncnc(NCCC(=O)N(C)C)c1CC. The predicted octanol–water partition coefficient (Wildman–Crippen LogP) is 1.36. The average molecular weight is 265 g/mol. The van der Waals surface area contributed by atoms with Crippen LogP contribution in [0.5, 0.6) is 0 Å². The Morgan fingerprint density at radius 1 is 1.21 bits per heavy atom. The van der Waals surface area contributed by atoms with Crippen molar-refractivity contribution in [2.24, 2.45) is 0 Å². The van der Waals surface area contributed by atoms with E-state index < -0.39 is 0 Å². The molecule has 6 nitrogen and oxygen atoms in total. The van der Waals surface area contributed by atoms with Gasteiger partial charge in [-0.2, -0.15) is 0 Å². The van der Waals surface area contributed by atoms with Gasteiger partial charge in [-0.25, -0.2) is 9.97 Å². The van der Waals surface area contributed by atoms with Gasteiger partial charge in [-0.1, -0.05) is 6.92 Å². The molecule has 0 aliphatic carbocycles.